The molecule has 7 heteroatoms. The molecular formula is C16H22ClN3O2S. The van der Waals surface area contributed by atoms with Crippen LogP contribution in [-0.4, -0.2) is 29.1 Å². The summed E-state index contributed by atoms with van der Waals surface area (Å²) in [6, 6.07) is 5.95. The van der Waals surface area contributed by atoms with Crippen LogP contribution in [0.2, 0.25) is 0 Å². The van der Waals surface area contributed by atoms with E-state index in [-0.39, 0.29) is 41.6 Å². The summed E-state index contributed by atoms with van der Waals surface area (Å²) in [4.78, 5) is 25.1. The topological polar surface area (TPSA) is 84.2 Å². The van der Waals surface area contributed by atoms with Gasteiger partial charge in [0, 0.05) is 22.5 Å². The molecule has 4 N–H and O–H groups in total. The Kier molecular flexibility index (Phi) is 5.95. The number of anilines is 1. The largest absolute Gasteiger partial charge is 0.349 e. The van der Waals surface area contributed by atoms with Crippen molar-refractivity contribution in [3.05, 3.63) is 23.8 Å². The van der Waals surface area contributed by atoms with Crippen molar-refractivity contribution >= 4 is 41.7 Å². The summed E-state index contributed by atoms with van der Waals surface area (Å²) in [6.07, 6.45) is 3.78. The molecule has 0 radical (unpaired) electrons. The second-order valence-corrected chi connectivity index (χ2v) is 7.43. The van der Waals surface area contributed by atoms with Crippen molar-refractivity contribution in [1.29, 1.82) is 0 Å². The van der Waals surface area contributed by atoms with Crippen molar-refractivity contribution in [1.82, 2.24) is 5.32 Å². The lowest BCUT2D eigenvalue weighted by atomic mass is 9.91. The zero-order valence-electron chi connectivity index (χ0n) is 13.0. The minimum absolute atomic E-state index is 0. The van der Waals surface area contributed by atoms with Crippen LogP contribution in [0.15, 0.2) is 23.1 Å². The van der Waals surface area contributed by atoms with Gasteiger partial charge in [0.25, 0.3) is 5.91 Å². The third-order valence-electron chi connectivity index (χ3n) is 4.28. The molecule has 1 aliphatic carbocycles. The lowest BCUT2D eigenvalue weighted by Gasteiger charge is -2.27. The predicted molar refractivity (Wildman–Crippen MR) is 95.3 cm³/mol. The minimum Gasteiger partial charge on any atom is -0.349 e. The van der Waals surface area contributed by atoms with Gasteiger partial charge < -0.3 is 16.4 Å². The molecule has 0 spiro atoms. The summed E-state index contributed by atoms with van der Waals surface area (Å²) in [5, 5.41) is 5.83. The number of thioether (sulfide) groups is 1. The van der Waals surface area contributed by atoms with Crippen LogP contribution in [0.5, 0.6) is 0 Å². The normalized spacial score (nSPS) is 26.5. The van der Waals surface area contributed by atoms with Gasteiger partial charge in [0.2, 0.25) is 5.91 Å². The van der Waals surface area contributed by atoms with Crippen LogP contribution >= 0.6 is 24.2 Å². The fraction of sp³-hybridized carbons (Fsp3) is 0.500. The van der Waals surface area contributed by atoms with Crippen molar-refractivity contribution in [2.24, 2.45) is 5.73 Å². The highest BCUT2D eigenvalue weighted by atomic mass is 35.5. The van der Waals surface area contributed by atoms with Gasteiger partial charge in [-0.3, -0.25) is 9.59 Å². The van der Waals surface area contributed by atoms with Crippen LogP contribution in [-0.2, 0) is 4.79 Å². The highest BCUT2D eigenvalue weighted by Crippen LogP contribution is 2.35. The average Bonchev–Trinajstić information content (AvgIpc) is 2.50. The van der Waals surface area contributed by atoms with E-state index in [2.05, 4.69) is 10.6 Å². The van der Waals surface area contributed by atoms with Gasteiger partial charge in [-0.2, -0.15) is 0 Å². The number of nitrogens with two attached hydrogens (primary N) is 1. The fourth-order valence-corrected chi connectivity index (χ4v) is 3.81. The molecule has 1 fully saturated rings. The van der Waals surface area contributed by atoms with Crippen molar-refractivity contribution < 1.29 is 9.59 Å². The molecule has 1 atom stereocenters. The molecular weight excluding hydrogens is 334 g/mol. The molecule has 0 aromatic heterocycles. The lowest BCUT2D eigenvalue weighted by molar-refractivity contribution is -0.115. The van der Waals surface area contributed by atoms with Crippen LogP contribution in [0.1, 0.15) is 43.0 Å². The maximum Gasteiger partial charge on any atom is 0.251 e. The van der Waals surface area contributed by atoms with Gasteiger partial charge in [-0.05, 0) is 50.8 Å². The van der Waals surface area contributed by atoms with Gasteiger partial charge in [-0.1, -0.05) is 0 Å². The van der Waals surface area contributed by atoms with E-state index >= 15 is 0 Å². The Balaban J connectivity index is 0.00000192. The molecule has 126 valence electrons. The highest BCUT2D eigenvalue weighted by Gasteiger charge is 2.25. The van der Waals surface area contributed by atoms with Gasteiger partial charge in [0.15, 0.2) is 0 Å². The fourth-order valence-electron chi connectivity index (χ4n) is 2.88. The Bertz CT molecular complexity index is 603. The van der Waals surface area contributed by atoms with Gasteiger partial charge in [0.1, 0.15) is 0 Å². The standard InChI is InChI=1S/C16H21N3O2S.ClH/c1-9-15(20)19-13-8-10(2-7-14(13)22-9)16(21)18-12-5-3-11(17)4-6-12;/h2,7-9,11-12H,3-6,17H2,1H3,(H,18,21)(H,19,20);1H. The number of carbonyl (C=O) groups excluding carboxylic acids is 2. The smallest absolute Gasteiger partial charge is 0.251 e. The van der Waals surface area contributed by atoms with Crippen LogP contribution in [0.25, 0.3) is 0 Å². The van der Waals surface area contributed by atoms with Crippen molar-refractivity contribution in [2.75, 3.05) is 5.32 Å². The van der Waals surface area contributed by atoms with E-state index in [0.29, 0.717) is 5.56 Å². The summed E-state index contributed by atoms with van der Waals surface area (Å²) < 4.78 is 0. The second-order valence-electron chi connectivity index (χ2n) is 6.05. The minimum atomic E-state index is -0.0985. The number of benzene rings is 1. The molecule has 3 rings (SSSR count). The van der Waals surface area contributed by atoms with E-state index in [1.165, 1.54) is 11.8 Å². The zero-order chi connectivity index (χ0) is 15.7. The second kappa shape index (κ2) is 7.55. The van der Waals surface area contributed by atoms with E-state index in [0.717, 1.165) is 36.3 Å². The Morgan fingerprint density at radius 3 is 2.70 bits per heavy atom. The third-order valence-corrected chi connectivity index (χ3v) is 5.46. The SMILES string of the molecule is CC1Sc2ccc(C(=O)NC3CCC(N)CC3)cc2NC1=O.Cl. The quantitative estimate of drug-likeness (QED) is 0.761. The number of halogens is 1. The Morgan fingerprint density at radius 1 is 1.30 bits per heavy atom. The summed E-state index contributed by atoms with van der Waals surface area (Å²) in [5.74, 6) is -0.0996. The van der Waals surface area contributed by atoms with Crippen molar-refractivity contribution in [3.63, 3.8) is 0 Å². The first kappa shape index (κ1) is 18.1. The van der Waals surface area contributed by atoms with Gasteiger partial charge >= 0.3 is 0 Å². The summed E-state index contributed by atoms with van der Waals surface area (Å²) >= 11 is 1.52. The maximum atomic E-state index is 12.4. The predicted octanol–water partition coefficient (Wildman–Crippen LogP) is 2.54. The molecule has 1 saturated carbocycles. The molecule has 0 bridgehead atoms. The Labute approximate surface area is 146 Å². The summed E-state index contributed by atoms with van der Waals surface area (Å²) in [6.45, 7) is 1.87. The molecule has 2 amide bonds. The average molecular weight is 356 g/mol. The summed E-state index contributed by atoms with van der Waals surface area (Å²) in [5.41, 5.74) is 7.20. The van der Waals surface area contributed by atoms with Gasteiger partial charge in [0.05, 0.1) is 10.9 Å². The third kappa shape index (κ3) is 4.19. The molecule has 2 aliphatic rings. The molecule has 1 heterocycles. The van der Waals surface area contributed by atoms with Crippen LogP contribution < -0.4 is 16.4 Å². The zero-order valence-corrected chi connectivity index (χ0v) is 14.6. The van der Waals surface area contributed by atoms with Crippen molar-refractivity contribution in [3.8, 4) is 0 Å². The molecule has 1 aromatic rings. The molecule has 5 nitrogen and oxygen atoms in total. The number of amides is 2. The number of hydrogen-bond acceptors (Lipinski definition) is 4. The molecule has 0 saturated heterocycles. The van der Waals surface area contributed by atoms with E-state index in [9.17, 15) is 9.59 Å². The first-order valence-corrected chi connectivity index (χ1v) is 8.59. The van der Waals surface area contributed by atoms with Gasteiger partial charge in [-0.15, -0.1) is 24.2 Å². The monoisotopic (exact) mass is 355 g/mol. The van der Waals surface area contributed by atoms with Gasteiger partial charge in [-0.25, -0.2) is 0 Å². The van der Waals surface area contributed by atoms with Crippen LogP contribution in [0.3, 0.4) is 0 Å². The Morgan fingerprint density at radius 2 is 2.00 bits per heavy atom. The first-order valence-electron chi connectivity index (χ1n) is 7.71. The number of fused-ring (bicyclic) bond motifs is 1. The lowest BCUT2D eigenvalue weighted by Crippen LogP contribution is -2.40. The Hall–Kier alpha value is -1.24. The van der Waals surface area contributed by atoms with E-state index < -0.39 is 0 Å². The van der Waals surface area contributed by atoms with Crippen LogP contribution in [0.4, 0.5) is 5.69 Å². The van der Waals surface area contributed by atoms with Crippen LogP contribution in [0, 0.1) is 0 Å². The highest BCUT2D eigenvalue weighted by molar-refractivity contribution is 8.00. The van der Waals surface area contributed by atoms with E-state index in [1.54, 1.807) is 6.07 Å². The molecule has 1 unspecified atom stereocenters. The molecule has 1 aromatic carbocycles. The van der Waals surface area contributed by atoms with E-state index in [1.807, 2.05) is 19.1 Å². The number of hydrogen-bond donors (Lipinski definition) is 3. The summed E-state index contributed by atoms with van der Waals surface area (Å²) in [7, 11) is 0. The van der Waals surface area contributed by atoms with E-state index in [4.69, 9.17) is 5.73 Å². The number of rotatable bonds is 2. The number of carbonyl (C=O) groups is 2. The molecule has 1 aliphatic heterocycles. The first-order chi connectivity index (χ1) is 10.5. The molecule has 23 heavy (non-hydrogen) atoms. The maximum absolute atomic E-state index is 12.4. The van der Waals surface area contributed by atoms with Crippen molar-refractivity contribution in [2.45, 2.75) is 54.8 Å². The number of nitrogens with one attached hydrogen (secondary N) is 2.